The van der Waals surface area contributed by atoms with Crippen LogP contribution in [-0.4, -0.2) is 0 Å². The average molecular weight is 174 g/mol. The molecule has 1 heteroatoms. The van der Waals surface area contributed by atoms with E-state index in [9.17, 15) is 4.39 Å². The Balaban J connectivity index is 2.77. The minimum atomic E-state index is -0.166. The number of fused-ring (bicyclic) bond motifs is 1. The number of halogens is 1. The van der Waals surface area contributed by atoms with Gasteiger partial charge in [-0.15, -0.1) is 0 Å². The Morgan fingerprint density at radius 3 is 2.77 bits per heavy atom. The molecule has 0 aliphatic carbocycles. The van der Waals surface area contributed by atoms with Crippen LogP contribution in [0.15, 0.2) is 36.4 Å². The van der Waals surface area contributed by atoms with Crippen LogP contribution in [0.1, 0.15) is 12.5 Å². The lowest BCUT2D eigenvalue weighted by Crippen LogP contribution is -1.83. The largest absolute Gasteiger partial charge is 0.207 e. The van der Waals surface area contributed by atoms with Crippen LogP contribution in [0.3, 0.4) is 0 Å². The lowest BCUT2D eigenvalue weighted by atomic mass is 10.0. The third-order valence-electron chi connectivity index (χ3n) is 2.31. The van der Waals surface area contributed by atoms with Crippen molar-refractivity contribution < 1.29 is 4.39 Å². The standard InChI is InChI=1S/C12H11F/c1-2-9-4-3-5-10-8-11(13)6-7-12(9)10/h3-8H,2H2,1H3. The minimum Gasteiger partial charge on any atom is -0.207 e. The monoisotopic (exact) mass is 174 g/mol. The van der Waals surface area contributed by atoms with Crippen molar-refractivity contribution in [3.05, 3.63) is 47.8 Å². The Morgan fingerprint density at radius 1 is 1.15 bits per heavy atom. The zero-order valence-electron chi connectivity index (χ0n) is 7.55. The van der Waals surface area contributed by atoms with Crippen molar-refractivity contribution in [1.29, 1.82) is 0 Å². The fourth-order valence-electron chi connectivity index (χ4n) is 1.63. The van der Waals surface area contributed by atoms with E-state index in [4.69, 9.17) is 0 Å². The fourth-order valence-corrected chi connectivity index (χ4v) is 1.63. The second kappa shape index (κ2) is 3.17. The number of benzene rings is 2. The molecule has 0 aliphatic heterocycles. The third-order valence-corrected chi connectivity index (χ3v) is 2.31. The van der Waals surface area contributed by atoms with E-state index in [0.717, 1.165) is 17.2 Å². The van der Waals surface area contributed by atoms with Crippen molar-refractivity contribution in [3.63, 3.8) is 0 Å². The van der Waals surface area contributed by atoms with Crippen LogP contribution >= 0.6 is 0 Å². The molecular weight excluding hydrogens is 163 g/mol. The number of hydrogen-bond acceptors (Lipinski definition) is 0. The number of rotatable bonds is 1. The first kappa shape index (κ1) is 8.24. The highest BCUT2D eigenvalue weighted by molar-refractivity contribution is 5.85. The molecule has 2 rings (SSSR count). The molecule has 0 amide bonds. The maximum absolute atomic E-state index is 12.9. The molecule has 0 bridgehead atoms. The minimum absolute atomic E-state index is 0.166. The van der Waals surface area contributed by atoms with E-state index in [1.54, 1.807) is 6.07 Å². The van der Waals surface area contributed by atoms with Crippen molar-refractivity contribution in [2.75, 3.05) is 0 Å². The first-order chi connectivity index (χ1) is 6.31. The molecule has 2 aromatic carbocycles. The van der Waals surface area contributed by atoms with Crippen molar-refractivity contribution in [3.8, 4) is 0 Å². The van der Waals surface area contributed by atoms with E-state index in [-0.39, 0.29) is 5.82 Å². The quantitative estimate of drug-likeness (QED) is 0.620. The topological polar surface area (TPSA) is 0 Å². The van der Waals surface area contributed by atoms with E-state index in [0.29, 0.717) is 0 Å². The molecule has 0 fully saturated rings. The first-order valence-electron chi connectivity index (χ1n) is 4.48. The number of hydrogen-bond donors (Lipinski definition) is 0. The summed E-state index contributed by atoms with van der Waals surface area (Å²) in [5, 5.41) is 2.14. The highest BCUT2D eigenvalue weighted by Crippen LogP contribution is 2.19. The molecule has 13 heavy (non-hydrogen) atoms. The maximum Gasteiger partial charge on any atom is 0.123 e. The summed E-state index contributed by atoms with van der Waals surface area (Å²) < 4.78 is 12.9. The van der Waals surface area contributed by atoms with Gasteiger partial charge in [-0.25, -0.2) is 4.39 Å². The molecule has 0 unspecified atom stereocenters. The van der Waals surface area contributed by atoms with E-state index in [1.807, 2.05) is 18.2 Å². The smallest absolute Gasteiger partial charge is 0.123 e. The van der Waals surface area contributed by atoms with E-state index in [2.05, 4.69) is 13.0 Å². The average Bonchev–Trinajstić information content (AvgIpc) is 2.16. The molecule has 0 aliphatic rings. The molecule has 0 heterocycles. The first-order valence-corrected chi connectivity index (χ1v) is 4.48. The number of aryl methyl sites for hydroxylation is 1. The molecule has 66 valence electrons. The van der Waals surface area contributed by atoms with E-state index >= 15 is 0 Å². The van der Waals surface area contributed by atoms with Crippen LogP contribution in [0.25, 0.3) is 10.8 Å². The SMILES string of the molecule is CCc1cccc2cc(F)ccc12. The molecule has 0 atom stereocenters. The maximum atomic E-state index is 12.9. The Morgan fingerprint density at radius 2 is 2.00 bits per heavy atom. The van der Waals surface area contributed by atoms with Gasteiger partial charge in [0.1, 0.15) is 5.82 Å². The van der Waals surface area contributed by atoms with Gasteiger partial charge in [-0.1, -0.05) is 31.2 Å². The van der Waals surface area contributed by atoms with Gasteiger partial charge < -0.3 is 0 Å². The van der Waals surface area contributed by atoms with Crippen molar-refractivity contribution >= 4 is 10.8 Å². The molecule has 0 saturated heterocycles. The zero-order valence-corrected chi connectivity index (χ0v) is 7.55. The normalized spacial score (nSPS) is 10.6. The molecule has 0 saturated carbocycles. The van der Waals surface area contributed by atoms with Gasteiger partial charge in [-0.3, -0.25) is 0 Å². The second-order valence-corrected chi connectivity index (χ2v) is 3.14. The summed E-state index contributed by atoms with van der Waals surface area (Å²) in [6, 6.07) is 10.9. The molecule has 0 spiro atoms. The predicted molar refractivity (Wildman–Crippen MR) is 53.3 cm³/mol. The van der Waals surface area contributed by atoms with Crippen LogP contribution in [0, 0.1) is 5.82 Å². The van der Waals surface area contributed by atoms with Gasteiger partial charge in [0.15, 0.2) is 0 Å². The van der Waals surface area contributed by atoms with Crippen LogP contribution in [0.2, 0.25) is 0 Å². The van der Waals surface area contributed by atoms with Gasteiger partial charge in [-0.2, -0.15) is 0 Å². The molecule has 0 N–H and O–H groups in total. The third kappa shape index (κ3) is 1.42. The van der Waals surface area contributed by atoms with E-state index in [1.165, 1.54) is 11.6 Å². The predicted octanol–water partition coefficient (Wildman–Crippen LogP) is 3.54. The summed E-state index contributed by atoms with van der Waals surface area (Å²) in [5.74, 6) is -0.166. The summed E-state index contributed by atoms with van der Waals surface area (Å²) in [6.45, 7) is 2.11. The second-order valence-electron chi connectivity index (χ2n) is 3.14. The zero-order chi connectivity index (χ0) is 9.26. The van der Waals surface area contributed by atoms with Gasteiger partial charge in [-0.05, 0) is 34.9 Å². The Kier molecular flexibility index (Phi) is 2.01. The van der Waals surface area contributed by atoms with Crippen LogP contribution in [0.4, 0.5) is 4.39 Å². The summed E-state index contributed by atoms with van der Waals surface area (Å²) in [4.78, 5) is 0. The molecule has 0 radical (unpaired) electrons. The van der Waals surface area contributed by atoms with Crippen molar-refractivity contribution in [2.45, 2.75) is 13.3 Å². The summed E-state index contributed by atoms with van der Waals surface area (Å²) in [5.41, 5.74) is 1.28. The lowest BCUT2D eigenvalue weighted by molar-refractivity contribution is 0.629. The highest BCUT2D eigenvalue weighted by atomic mass is 19.1. The Hall–Kier alpha value is -1.37. The summed E-state index contributed by atoms with van der Waals surface area (Å²) >= 11 is 0. The molecular formula is C12H11F. The molecule has 0 nitrogen and oxygen atoms in total. The van der Waals surface area contributed by atoms with E-state index < -0.39 is 0 Å². The van der Waals surface area contributed by atoms with Gasteiger partial charge in [0.25, 0.3) is 0 Å². The van der Waals surface area contributed by atoms with Gasteiger partial charge in [0.05, 0.1) is 0 Å². The van der Waals surface area contributed by atoms with Crippen LogP contribution < -0.4 is 0 Å². The fraction of sp³-hybridized carbons (Fsp3) is 0.167. The van der Waals surface area contributed by atoms with Crippen molar-refractivity contribution in [2.24, 2.45) is 0 Å². The molecule has 0 aromatic heterocycles. The summed E-state index contributed by atoms with van der Waals surface area (Å²) in [7, 11) is 0. The van der Waals surface area contributed by atoms with Gasteiger partial charge >= 0.3 is 0 Å². The van der Waals surface area contributed by atoms with Gasteiger partial charge in [0.2, 0.25) is 0 Å². The lowest BCUT2D eigenvalue weighted by Gasteiger charge is -2.03. The summed E-state index contributed by atoms with van der Waals surface area (Å²) in [6.07, 6.45) is 0.989. The van der Waals surface area contributed by atoms with Crippen molar-refractivity contribution in [1.82, 2.24) is 0 Å². The highest BCUT2D eigenvalue weighted by Gasteiger charge is 1.99. The van der Waals surface area contributed by atoms with Crippen LogP contribution in [-0.2, 0) is 6.42 Å². The Labute approximate surface area is 77.0 Å². The molecule has 2 aromatic rings. The van der Waals surface area contributed by atoms with Gasteiger partial charge in [0, 0.05) is 0 Å². The Bertz CT molecular complexity index is 432. The van der Waals surface area contributed by atoms with Crippen LogP contribution in [0.5, 0.6) is 0 Å².